The summed E-state index contributed by atoms with van der Waals surface area (Å²) in [5.41, 5.74) is 3.20. The molecule has 128 valence electrons. The lowest BCUT2D eigenvalue weighted by atomic mass is 10.1. The number of carbonyl (C=O) groups is 1. The molecule has 0 fully saturated rings. The van der Waals surface area contributed by atoms with Crippen molar-refractivity contribution in [2.75, 3.05) is 13.7 Å². The standard InChI is InChI=1S/C18H23N3O3/c1-11-6-7-14(10-15(11)24-5)8-9-19-17(22)16-12(2)13(3)20-21(4)18(16)23/h6-7,10H,8-9H2,1-5H3,(H,19,22). The first-order valence-electron chi connectivity index (χ1n) is 7.81. The van der Waals surface area contributed by atoms with Gasteiger partial charge >= 0.3 is 0 Å². The molecule has 0 spiro atoms. The Morgan fingerprint density at radius 3 is 2.67 bits per heavy atom. The Bertz CT molecular complexity index is 825. The number of benzene rings is 1. The number of nitrogens with one attached hydrogen (secondary N) is 1. The largest absolute Gasteiger partial charge is 0.496 e. The van der Waals surface area contributed by atoms with E-state index >= 15 is 0 Å². The molecule has 1 aromatic heterocycles. The van der Waals surface area contributed by atoms with Gasteiger partial charge in [0.2, 0.25) is 0 Å². The molecule has 1 amide bonds. The third-order valence-electron chi connectivity index (χ3n) is 4.12. The topological polar surface area (TPSA) is 73.2 Å². The highest BCUT2D eigenvalue weighted by molar-refractivity contribution is 5.95. The van der Waals surface area contributed by atoms with Crippen LogP contribution in [-0.2, 0) is 13.5 Å². The van der Waals surface area contributed by atoms with E-state index in [0.29, 0.717) is 24.2 Å². The lowest BCUT2D eigenvalue weighted by Gasteiger charge is -2.11. The van der Waals surface area contributed by atoms with E-state index in [9.17, 15) is 9.59 Å². The van der Waals surface area contributed by atoms with E-state index < -0.39 is 0 Å². The number of carbonyl (C=O) groups excluding carboxylic acids is 1. The van der Waals surface area contributed by atoms with Gasteiger partial charge in [0.15, 0.2) is 0 Å². The Hall–Kier alpha value is -2.63. The normalized spacial score (nSPS) is 10.5. The average molecular weight is 329 g/mol. The monoisotopic (exact) mass is 329 g/mol. The van der Waals surface area contributed by atoms with E-state index in [4.69, 9.17) is 4.74 Å². The molecule has 0 aliphatic rings. The molecular formula is C18H23N3O3. The van der Waals surface area contributed by atoms with E-state index in [0.717, 1.165) is 16.9 Å². The third-order valence-corrected chi connectivity index (χ3v) is 4.12. The van der Waals surface area contributed by atoms with E-state index in [1.54, 1.807) is 28.0 Å². The van der Waals surface area contributed by atoms with E-state index in [1.807, 2.05) is 25.1 Å². The highest BCUT2D eigenvalue weighted by Crippen LogP contribution is 2.19. The number of methoxy groups -OCH3 is 1. The fourth-order valence-electron chi connectivity index (χ4n) is 2.54. The smallest absolute Gasteiger partial charge is 0.279 e. The van der Waals surface area contributed by atoms with Crippen LogP contribution in [0.1, 0.15) is 32.7 Å². The Labute approximate surface area is 141 Å². The van der Waals surface area contributed by atoms with Crippen molar-refractivity contribution in [3.8, 4) is 5.75 Å². The van der Waals surface area contributed by atoms with Crippen LogP contribution in [0.3, 0.4) is 0 Å². The summed E-state index contributed by atoms with van der Waals surface area (Å²) in [6.45, 7) is 5.94. The molecule has 0 saturated heterocycles. The van der Waals surface area contributed by atoms with Crippen LogP contribution in [0.2, 0.25) is 0 Å². The van der Waals surface area contributed by atoms with Crippen LogP contribution in [-0.4, -0.2) is 29.3 Å². The minimum Gasteiger partial charge on any atom is -0.496 e. The van der Waals surface area contributed by atoms with Crippen LogP contribution >= 0.6 is 0 Å². The summed E-state index contributed by atoms with van der Waals surface area (Å²) in [6.07, 6.45) is 0.659. The van der Waals surface area contributed by atoms with Gasteiger partial charge in [0.05, 0.1) is 12.8 Å². The van der Waals surface area contributed by atoms with Gasteiger partial charge in [-0.2, -0.15) is 5.10 Å². The van der Waals surface area contributed by atoms with Crippen molar-refractivity contribution >= 4 is 5.91 Å². The second-order valence-corrected chi connectivity index (χ2v) is 5.82. The quantitative estimate of drug-likeness (QED) is 0.906. The van der Waals surface area contributed by atoms with Gasteiger partial charge in [0.1, 0.15) is 11.3 Å². The highest BCUT2D eigenvalue weighted by Gasteiger charge is 2.17. The van der Waals surface area contributed by atoms with Gasteiger partial charge in [0, 0.05) is 13.6 Å². The number of amides is 1. The van der Waals surface area contributed by atoms with Gasteiger partial charge in [-0.1, -0.05) is 12.1 Å². The molecule has 0 aliphatic carbocycles. The average Bonchev–Trinajstić information content (AvgIpc) is 2.55. The lowest BCUT2D eigenvalue weighted by molar-refractivity contribution is 0.0951. The molecule has 1 heterocycles. The molecule has 0 atom stereocenters. The van der Waals surface area contributed by atoms with Gasteiger partial charge in [-0.3, -0.25) is 9.59 Å². The number of aryl methyl sites for hydroxylation is 3. The molecule has 0 bridgehead atoms. The fourth-order valence-corrected chi connectivity index (χ4v) is 2.54. The molecule has 0 aliphatic heterocycles. The van der Waals surface area contributed by atoms with Crippen molar-refractivity contribution in [1.82, 2.24) is 15.1 Å². The Morgan fingerprint density at radius 2 is 2.00 bits per heavy atom. The fraction of sp³-hybridized carbons (Fsp3) is 0.389. The van der Waals surface area contributed by atoms with Crippen LogP contribution in [0.5, 0.6) is 5.75 Å². The Kier molecular flexibility index (Phi) is 5.39. The second-order valence-electron chi connectivity index (χ2n) is 5.82. The Morgan fingerprint density at radius 1 is 1.29 bits per heavy atom. The number of hydrogen-bond donors (Lipinski definition) is 1. The van der Waals surface area contributed by atoms with Crippen LogP contribution in [0.4, 0.5) is 0 Å². The molecule has 1 aromatic carbocycles. The van der Waals surface area contributed by atoms with Crippen molar-refractivity contribution in [2.24, 2.45) is 7.05 Å². The number of ether oxygens (including phenoxy) is 1. The first kappa shape index (κ1) is 17.7. The SMILES string of the molecule is COc1cc(CCNC(=O)c2c(C)c(C)nn(C)c2=O)ccc1C. The lowest BCUT2D eigenvalue weighted by Crippen LogP contribution is -2.35. The van der Waals surface area contributed by atoms with Crippen molar-refractivity contribution in [3.05, 3.63) is 56.5 Å². The van der Waals surface area contributed by atoms with E-state index in [-0.39, 0.29) is 17.0 Å². The summed E-state index contributed by atoms with van der Waals surface area (Å²) < 4.78 is 6.50. The van der Waals surface area contributed by atoms with Crippen LogP contribution < -0.4 is 15.6 Å². The maximum Gasteiger partial charge on any atom is 0.279 e. The van der Waals surface area contributed by atoms with Crippen LogP contribution in [0.25, 0.3) is 0 Å². The summed E-state index contributed by atoms with van der Waals surface area (Å²) in [4.78, 5) is 24.5. The molecule has 0 saturated carbocycles. The number of nitrogens with zero attached hydrogens (tertiary/aromatic N) is 2. The summed E-state index contributed by atoms with van der Waals surface area (Å²) >= 11 is 0. The van der Waals surface area contributed by atoms with Crippen molar-refractivity contribution in [1.29, 1.82) is 0 Å². The predicted molar refractivity (Wildman–Crippen MR) is 92.7 cm³/mol. The zero-order valence-corrected chi connectivity index (χ0v) is 14.8. The van der Waals surface area contributed by atoms with Gasteiger partial charge in [-0.15, -0.1) is 0 Å². The zero-order chi connectivity index (χ0) is 17.9. The molecule has 2 aromatic rings. The maximum atomic E-state index is 12.4. The molecule has 1 N–H and O–H groups in total. The van der Waals surface area contributed by atoms with Crippen molar-refractivity contribution in [3.63, 3.8) is 0 Å². The summed E-state index contributed by atoms with van der Waals surface area (Å²) in [5, 5.41) is 6.90. The Balaban J connectivity index is 2.08. The molecule has 0 unspecified atom stereocenters. The van der Waals surface area contributed by atoms with Crippen LogP contribution in [0.15, 0.2) is 23.0 Å². The molecule has 6 nitrogen and oxygen atoms in total. The molecule has 6 heteroatoms. The van der Waals surface area contributed by atoms with E-state index in [1.165, 1.54) is 4.68 Å². The summed E-state index contributed by atoms with van der Waals surface area (Å²) in [7, 11) is 3.18. The summed E-state index contributed by atoms with van der Waals surface area (Å²) in [6, 6.07) is 5.95. The minimum atomic E-state index is -0.382. The van der Waals surface area contributed by atoms with E-state index in [2.05, 4.69) is 10.4 Å². The second kappa shape index (κ2) is 7.29. The van der Waals surface area contributed by atoms with Gasteiger partial charge in [0.25, 0.3) is 11.5 Å². The predicted octanol–water partition coefficient (Wildman–Crippen LogP) is 1.69. The third kappa shape index (κ3) is 3.64. The summed E-state index contributed by atoms with van der Waals surface area (Å²) in [5.74, 6) is 0.464. The zero-order valence-electron chi connectivity index (χ0n) is 14.8. The van der Waals surface area contributed by atoms with Crippen molar-refractivity contribution in [2.45, 2.75) is 27.2 Å². The maximum absolute atomic E-state index is 12.4. The minimum absolute atomic E-state index is 0.159. The number of hydrogen-bond acceptors (Lipinski definition) is 4. The molecule has 2 rings (SSSR count). The highest BCUT2D eigenvalue weighted by atomic mass is 16.5. The van der Waals surface area contributed by atoms with Crippen LogP contribution in [0, 0.1) is 20.8 Å². The molecule has 24 heavy (non-hydrogen) atoms. The number of aromatic nitrogens is 2. The van der Waals surface area contributed by atoms with Gasteiger partial charge in [-0.25, -0.2) is 4.68 Å². The van der Waals surface area contributed by atoms with Crippen molar-refractivity contribution < 1.29 is 9.53 Å². The molecule has 0 radical (unpaired) electrons. The first-order chi connectivity index (χ1) is 11.3. The molecular weight excluding hydrogens is 306 g/mol. The van der Waals surface area contributed by atoms with Gasteiger partial charge < -0.3 is 10.1 Å². The first-order valence-corrected chi connectivity index (χ1v) is 7.81. The van der Waals surface area contributed by atoms with Gasteiger partial charge in [-0.05, 0) is 49.9 Å². The number of rotatable bonds is 5.